The second kappa shape index (κ2) is 8.76. The molecule has 0 bridgehead atoms. The molecule has 0 spiro atoms. The Hall–Kier alpha value is -2.59. The summed E-state index contributed by atoms with van der Waals surface area (Å²) in [6.07, 6.45) is 3.08. The van der Waals surface area contributed by atoms with E-state index in [4.69, 9.17) is 9.47 Å². The van der Waals surface area contributed by atoms with E-state index in [0.29, 0.717) is 6.54 Å². The number of benzene rings is 2. The minimum Gasteiger partial charge on any atom is -0.497 e. The third-order valence-electron chi connectivity index (χ3n) is 3.44. The Morgan fingerprint density at radius 1 is 1.13 bits per heavy atom. The van der Waals surface area contributed by atoms with Crippen molar-refractivity contribution in [3.63, 3.8) is 0 Å². The van der Waals surface area contributed by atoms with E-state index in [0.717, 1.165) is 16.9 Å². The van der Waals surface area contributed by atoms with Gasteiger partial charge in [-0.05, 0) is 29.3 Å². The van der Waals surface area contributed by atoms with E-state index in [1.54, 1.807) is 20.3 Å². The van der Waals surface area contributed by atoms with Crippen LogP contribution in [0, 0.1) is 0 Å². The van der Waals surface area contributed by atoms with Crippen LogP contribution in [-0.2, 0) is 9.53 Å². The first kappa shape index (κ1) is 16.8. The van der Waals surface area contributed by atoms with Crippen LogP contribution in [0.1, 0.15) is 17.2 Å². The molecule has 120 valence electrons. The van der Waals surface area contributed by atoms with Gasteiger partial charge in [0.15, 0.2) is 0 Å². The van der Waals surface area contributed by atoms with Crippen molar-refractivity contribution in [3.05, 3.63) is 71.8 Å². The van der Waals surface area contributed by atoms with Gasteiger partial charge in [-0.1, -0.05) is 42.5 Å². The van der Waals surface area contributed by atoms with Crippen molar-refractivity contribution in [1.82, 2.24) is 5.32 Å². The van der Waals surface area contributed by atoms with Crippen LogP contribution in [0.15, 0.2) is 60.7 Å². The fourth-order valence-corrected chi connectivity index (χ4v) is 2.17. The van der Waals surface area contributed by atoms with Crippen molar-refractivity contribution < 1.29 is 14.3 Å². The molecule has 2 aromatic rings. The molecule has 0 saturated heterocycles. The Bertz CT molecular complexity index is 653. The number of hydrogen-bond donors (Lipinski definition) is 1. The van der Waals surface area contributed by atoms with E-state index in [9.17, 15) is 4.79 Å². The van der Waals surface area contributed by atoms with Crippen LogP contribution in [0.2, 0.25) is 0 Å². The highest BCUT2D eigenvalue weighted by atomic mass is 16.5. The molecule has 0 heterocycles. The highest BCUT2D eigenvalue weighted by molar-refractivity contribution is 5.91. The van der Waals surface area contributed by atoms with Gasteiger partial charge in [-0.3, -0.25) is 4.79 Å². The molecule has 0 aromatic heterocycles. The van der Waals surface area contributed by atoms with Crippen molar-refractivity contribution in [2.45, 2.75) is 6.10 Å². The summed E-state index contributed by atoms with van der Waals surface area (Å²) in [5, 5.41) is 2.85. The Kier molecular flexibility index (Phi) is 6.39. The maximum atomic E-state index is 11.9. The lowest BCUT2D eigenvalue weighted by molar-refractivity contribution is -0.117. The maximum Gasteiger partial charge on any atom is 0.244 e. The third kappa shape index (κ3) is 5.27. The van der Waals surface area contributed by atoms with Gasteiger partial charge in [-0.2, -0.15) is 0 Å². The van der Waals surface area contributed by atoms with E-state index in [-0.39, 0.29) is 12.0 Å². The SMILES string of the molecule is COc1cccc(C(CNC(=O)C=Cc2ccccc2)OC)c1. The minimum absolute atomic E-state index is 0.154. The standard InChI is InChI=1S/C19H21NO3/c1-22-17-10-6-9-16(13-17)18(23-2)14-20-19(21)12-11-15-7-4-3-5-8-15/h3-13,18H,14H2,1-2H3,(H,20,21). The zero-order valence-electron chi connectivity index (χ0n) is 13.4. The lowest BCUT2D eigenvalue weighted by Crippen LogP contribution is -2.27. The average molecular weight is 311 g/mol. The lowest BCUT2D eigenvalue weighted by Gasteiger charge is -2.16. The number of nitrogens with one attached hydrogen (secondary N) is 1. The summed E-state index contributed by atoms with van der Waals surface area (Å²) in [6, 6.07) is 17.3. The zero-order chi connectivity index (χ0) is 16.5. The highest BCUT2D eigenvalue weighted by Crippen LogP contribution is 2.20. The molecule has 1 N–H and O–H groups in total. The first-order valence-electron chi connectivity index (χ1n) is 7.40. The first-order valence-corrected chi connectivity index (χ1v) is 7.40. The molecule has 0 fully saturated rings. The second-order valence-corrected chi connectivity index (χ2v) is 4.99. The number of hydrogen-bond acceptors (Lipinski definition) is 3. The van der Waals surface area contributed by atoms with Crippen LogP contribution < -0.4 is 10.1 Å². The monoisotopic (exact) mass is 311 g/mol. The number of amides is 1. The number of methoxy groups -OCH3 is 2. The van der Waals surface area contributed by atoms with E-state index in [2.05, 4.69) is 5.32 Å². The van der Waals surface area contributed by atoms with Crippen molar-refractivity contribution >= 4 is 12.0 Å². The van der Waals surface area contributed by atoms with Gasteiger partial charge in [0.05, 0.1) is 13.2 Å². The molecule has 0 aliphatic rings. The van der Waals surface area contributed by atoms with Gasteiger partial charge in [-0.15, -0.1) is 0 Å². The third-order valence-corrected chi connectivity index (χ3v) is 3.44. The van der Waals surface area contributed by atoms with Crippen LogP contribution >= 0.6 is 0 Å². The van der Waals surface area contributed by atoms with E-state index >= 15 is 0 Å². The largest absolute Gasteiger partial charge is 0.497 e. The predicted octanol–water partition coefficient (Wildman–Crippen LogP) is 3.21. The Morgan fingerprint density at radius 3 is 2.61 bits per heavy atom. The molecule has 1 unspecified atom stereocenters. The van der Waals surface area contributed by atoms with Crippen LogP contribution in [0.5, 0.6) is 5.75 Å². The summed E-state index contributed by atoms with van der Waals surface area (Å²) >= 11 is 0. The highest BCUT2D eigenvalue weighted by Gasteiger charge is 2.12. The van der Waals surface area contributed by atoms with E-state index < -0.39 is 0 Å². The van der Waals surface area contributed by atoms with Gasteiger partial charge in [-0.25, -0.2) is 0 Å². The topological polar surface area (TPSA) is 47.6 Å². The van der Waals surface area contributed by atoms with Gasteiger partial charge in [0.2, 0.25) is 5.91 Å². The molecule has 0 aliphatic heterocycles. The molecule has 4 nitrogen and oxygen atoms in total. The smallest absolute Gasteiger partial charge is 0.244 e. The molecule has 0 aliphatic carbocycles. The van der Waals surface area contributed by atoms with Gasteiger partial charge < -0.3 is 14.8 Å². The summed E-state index contributed by atoms with van der Waals surface area (Å²) in [4.78, 5) is 11.9. The maximum absolute atomic E-state index is 11.9. The van der Waals surface area contributed by atoms with Gasteiger partial charge >= 0.3 is 0 Å². The van der Waals surface area contributed by atoms with Crippen LogP contribution in [0.25, 0.3) is 6.08 Å². The second-order valence-electron chi connectivity index (χ2n) is 4.99. The molecule has 0 saturated carbocycles. The molecule has 23 heavy (non-hydrogen) atoms. The van der Waals surface area contributed by atoms with Crippen molar-refractivity contribution in [1.29, 1.82) is 0 Å². The fraction of sp³-hybridized carbons (Fsp3) is 0.211. The molecule has 1 atom stereocenters. The molecule has 2 rings (SSSR count). The Balaban J connectivity index is 1.92. The predicted molar refractivity (Wildman–Crippen MR) is 91.2 cm³/mol. The summed E-state index contributed by atoms with van der Waals surface area (Å²) in [6.45, 7) is 0.391. The van der Waals surface area contributed by atoms with Crippen LogP contribution in [0.3, 0.4) is 0 Å². The number of ether oxygens (including phenoxy) is 2. The Morgan fingerprint density at radius 2 is 1.91 bits per heavy atom. The van der Waals surface area contributed by atoms with Gasteiger partial charge in [0.25, 0.3) is 0 Å². The van der Waals surface area contributed by atoms with Gasteiger partial charge in [0.1, 0.15) is 5.75 Å². The Labute approximate surface area is 136 Å². The summed E-state index contributed by atoms with van der Waals surface area (Å²) in [5.74, 6) is 0.610. The molecule has 4 heteroatoms. The first-order chi connectivity index (χ1) is 11.2. The average Bonchev–Trinajstić information content (AvgIpc) is 2.61. The summed E-state index contributed by atoms with van der Waals surface area (Å²) in [5.41, 5.74) is 1.94. The quantitative estimate of drug-likeness (QED) is 0.799. The van der Waals surface area contributed by atoms with Crippen molar-refractivity contribution in [3.8, 4) is 5.75 Å². The zero-order valence-corrected chi connectivity index (χ0v) is 13.4. The lowest BCUT2D eigenvalue weighted by atomic mass is 10.1. The fourth-order valence-electron chi connectivity index (χ4n) is 2.17. The summed E-state index contributed by atoms with van der Waals surface area (Å²) in [7, 11) is 3.24. The molecule has 1 amide bonds. The number of carbonyl (C=O) groups is 1. The minimum atomic E-state index is -0.223. The summed E-state index contributed by atoms with van der Waals surface area (Å²) < 4.78 is 10.7. The number of rotatable bonds is 7. The van der Waals surface area contributed by atoms with E-state index in [1.165, 1.54) is 6.08 Å². The van der Waals surface area contributed by atoms with Crippen molar-refractivity contribution in [2.24, 2.45) is 0 Å². The molecule has 0 radical (unpaired) electrons. The molecular weight excluding hydrogens is 290 g/mol. The molecule has 2 aromatic carbocycles. The van der Waals surface area contributed by atoms with Crippen LogP contribution in [0.4, 0.5) is 0 Å². The normalized spacial score (nSPS) is 12.1. The van der Waals surface area contributed by atoms with Crippen LogP contribution in [-0.4, -0.2) is 26.7 Å². The van der Waals surface area contributed by atoms with Crippen molar-refractivity contribution in [2.75, 3.05) is 20.8 Å². The van der Waals surface area contributed by atoms with Gasteiger partial charge in [0, 0.05) is 19.7 Å². The molecular formula is C19H21NO3. The number of carbonyl (C=O) groups excluding carboxylic acids is 1. The van der Waals surface area contributed by atoms with E-state index in [1.807, 2.05) is 54.6 Å².